The fourth-order valence-electron chi connectivity index (χ4n) is 5.03. The molecule has 4 heterocycles. The number of fused-ring (bicyclic) bond motifs is 1. The molecule has 0 saturated carbocycles. The number of piperidine rings is 1. The van der Waals surface area contributed by atoms with Crippen LogP contribution in [-0.4, -0.2) is 46.1 Å². The number of aromatic nitrogens is 2. The maximum Gasteiger partial charge on any atom is 0.335 e. The van der Waals surface area contributed by atoms with E-state index in [1.165, 1.54) is 6.26 Å². The van der Waals surface area contributed by atoms with Crippen LogP contribution in [0.5, 0.6) is 0 Å². The maximum absolute atomic E-state index is 13.0. The molecule has 10 heteroatoms. The molecule has 1 saturated heterocycles. The summed E-state index contributed by atoms with van der Waals surface area (Å²) in [7, 11) is 0. The number of amides is 1. The normalized spacial score (nSPS) is 13.9. The minimum atomic E-state index is -0.944. The summed E-state index contributed by atoms with van der Waals surface area (Å²) >= 11 is 0. The zero-order valence-electron chi connectivity index (χ0n) is 22.4. The highest BCUT2D eigenvalue weighted by molar-refractivity contribution is 6.06. The fraction of sp³-hybridized carbons (Fsp3) is 0.226. The summed E-state index contributed by atoms with van der Waals surface area (Å²) < 4.78 is 17.3. The molecule has 0 radical (unpaired) electrons. The number of ether oxygens (including phenoxy) is 1. The van der Waals surface area contributed by atoms with E-state index in [0.717, 1.165) is 53.8 Å². The van der Waals surface area contributed by atoms with Crippen molar-refractivity contribution in [3.05, 3.63) is 95.7 Å². The van der Waals surface area contributed by atoms with Gasteiger partial charge in [0, 0.05) is 29.6 Å². The molecule has 0 atom stereocenters. The van der Waals surface area contributed by atoms with Gasteiger partial charge in [-0.15, -0.1) is 0 Å². The summed E-state index contributed by atoms with van der Waals surface area (Å²) in [6, 6.07) is 16.1. The topological polar surface area (TPSA) is 131 Å². The van der Waals surface area contributed by atoms with Gasteiger partial charge in [0.1, 0.15) is 17.7 Å². The maximum atomic E-state index is 13.0. The third-order valence-electron chi connectivity index (χ3n) is 7.25. The van der Waals surface area contributed by atoms with E-state index in [4.69, 9.17) is 18.7 Å². The summed E-state index contributed by atoms with van der Waals surface area (Å²) in [4.78, 5) is 35.2. The molecule has 1 fully saturated rings. The highest BCUT2D eigenvalue weighted by Crippen LogP contribution is 2.30. The summed E-state index contributed by atoms with van der Waals surface area (Å²) in [5.74, 6) is 0.281. The molecule has 3 aromatic heterocycles. The lowest BCUT2D eigenvalue weighted by Gasteiger charge is -2.32. The SMILES string of the molecule is Cc1c(C(=O)Nc2ccc(N3CCC(OCc4cccc(C(=O)O)c4)CC3)nc2)oc2ccc(-c3ncco3)cc12. The monoisotopic (exact) mass is 552 g/mol. The van der Waals surface area contributed by atoms with Crippen molar-refractivity contribution < 1.29 is 28.3 Å². The van der Waals surface area contributed by atoms with E-state index in [-0.39, 0.29) is 23.3 Å². The quantitative estimate of drug-likeness (QED) is 0.240. The van der Waals surface area contributed by atoms with Crippen molar-refractivity contribution in [2.24, 2.45) is 0 Å². The van der Waals surface area contributed by atoms with Gasteiger partial charge >= 0.3 is 5.97 Å². The zero-order chi connectivity index (χ0) is 28.3. The van der Waals surface area contributed by atoms with Gasteiger partial charge in [0.25, 0.3) is 5.91 Å². The number of hydrogen-bond acceptors (Lipinski definition) is 8. The lowest BCUT2D eigenvalue weighted by molar-refractivity contribution is 0.0250. The predicted molar refractivity (Wildman–Crippen MR) is 152 cm³/mol. The Hall–Kier alpha value is -4.96. The van der Waals surface area contributed by atoms with E-state index < -0.39 is 5.97 Å². The molecule has 5 aromatic rings. The van der Waals surface area contributed by atoms with Gasteiger partial charge in [-0.1, -0.05) is 12.1 Å². The molecule has 208 valence electrons. The molecular weight excluding hydrogens is 524 g/mol. The number of carboxylic acids is 1. The van der Waals surface area contributed by atoms with E-state index >= 15 is 0 Å². The third-order valence-corrected chi connectivity index (χ3v) is 7.25. The molecule has 0 aliphatic carbocycles. The van der Waals surface area contributed by atoms with Crippen molar-refractivity contribution in [3.8, 4) is 11.5 Å². The van der Waals surface area contributed by atoms with Gasteiger partial charge in [-0.3, -0.25) is 4.79 Å². The Morgan fingerprint density at radius 2 is 1.95 bits per heavy atom. The van der Waals surface area contributed by atoms with Crippen LogP contribution in [-0.2, 0) is 11.3 Å². The molecule has 41 heavy (non-hydrogen) atoms. The van der Waals surface area contributed by atoms with Crippen molar-refractivity contribution in [2.75, 3.05) is 23.3 Å². The summed E-state index contributed by atoms with van der Waals surface area (Å²) in [5.41, 5.74) is 3.82. The van der Waals surface area contributed by atoms with Crippen molar-refractivity contribution in [1.82, 2.24) is 9.97 Å². The van der Waals surface area contributed by atoms with Gasteiger partial charge in [0.15, 0.2) is 5.76 Å². The van der Waals surface area contributed by atoms with Crippen LogP contribution in [0.4, 0.5) is 11.5 Å². The van der Waals surface area contributed by atoms with Gasteiger partial charge in [0.05, 0.1) is 36.4 Å². The van der Waals surface area contributed by atoms with Crippen molar-refractivity contribution in [2.45, 2.75) is 32.5 Å². The number of benzene rings is 2. The lowest BCUT2D eigenvalue weighted by atomic mass is 10.1. The lowest BCUT2D eigenvalue weighted by Crippen LogP contribution is -2.37. The summed E-state index contributed by atoms with van der Waals surface area (Å²) in [5, 5.41) is 12.9. The van der Waals surface area contributed by atoms with E-state index in [9.17, 15) is 9.59 Å². The van der Waals surface area contributed by atoms with Crippen molar-refractivity contribution in [1.29, 1.82) is 0 Å². The molecule has 1 aliphatic heterocycles. The van der Waals surface area contributed by atoms with Crippen LogP contribution in [0.25, 0.3) is 22.4 Å². The molecule has 0 unspecified atom stereocenters. The van der Waals surface area contributed by atoms with Gasteiger partial charge in [-0.25, -0.2) is 14.8 Å². The number of hydrogen-bond donors (Lipinski definition) is 2. The molecule has 0 spiro atoms. The van der Waals surface area contributed by atoms with E-state index in [2.05, 4.69) is 20.2 Å². The van der Waals surface area contributed by atoms with Gasteiger partial charge < -0.3 is 28.9 Å². The van der Waals surface area contributed by atoms with Crippen LogP contribution in [0.15, 0.2) is 82.1 Å². The standard InChI is InChI=1S/C31H28N4O6/c1-19-25-16-21(30-32-11-14-39-30)5-7-26(25)41-28(19)29(36)34-23-6-8-27(33-17-23)35-12-9-24(10-13-35)40-18-20-3-2-4-22(15-20)31(37)38/h2-8,11,14-17,24H,9-10,12-13,18H2,1H3,(H,34,36)(H,37,38). The highest BCUT2D eigenvalue weighted by atomic mass is 16.5. The van der Waals surface area contributed by atoms with E-state index in [1.807, 2.05) is 37.3 Å². The van der Waals surface area contributed by atoms with Crippen LogP contribution in [0.1, 0.15) is 44.9 Å². The molecule has 6 rings (SSSR count). The first-order valence-corrected chi connectivity index (χ1v) is 13.3. The number of aromatic carboxylic acids is 1. The summed E-state index contributed by atoms with van der Waals surface area (Å²) in [6.45, 7) is 3.80. The molecular formula is C31H28N4O6. The van der Waals surface area contributed by atoms with Gasteiger partial charge in [-0.05, 0) is 67.8 Å². The molecule has 2 N–H and O–H groups in total. The Labute approximate surface area is 235 Å². The number of aryl methyl sites for hydroxylation is 1. The Morgan fingerprint density at radius 1 is 1.10 bits per heavy atom. The average Bonchev–Trinajstić information content (AvgIpc) is 3.65. The number of carboxylic acid groups (broad SMARTS) is 1. The second-order valence-electron chi connectivity index (χ2n) is 9.97. The second-order valence-corrected chi connectivity index (χ2v) is 9.97. The molecule has 10 nitrogen and oxygen atoms in total. The predicted octanol–water partition coefficient (Wildman–Crippen LogP) is 5.93. The third kappa shape index (κ3) is 5.68. The van der Waals surface area contributed by atoms with Crippen LogP contribution >= 0.6 is 0 Å². The van der Waals surface area contributed by atoms with Crippen LogP contribution in [0.3, 0.4) is 0 Å². The van der Waals surface area contributed by atoms with Crippen LogP contribution in [0, 0.1) is 6.92 Å². The van der Waals surface area contributed by atoms with E-state index in [1.54, 1.807) is 36.7 Å². The number of oxazole rings is 1. The second kappa shape index (κ2) is 11.3. The van der Waals surface area contributed by atoms with E-state index in [0.29, 0.717) is 23.8 Å². The zero-order valence-corrected chi connectivity index (χ0v) is 22.4. The van der Waals surface area contributed by atoms with Crippen molar-refractivity contribution in [3.63, 3.8) is 0 Å². The number of furan rings is 1. The average molecular weight is 553 g/mol. The smallest absolute Gasteiger partial charge is 0.335 e. The Kier molecular flexibility index (Phi) is 7.22. The number of nitrogens with one attached hydrogen (secondary N) is 1. The van der Waals surface area contributed by atoms with Gasteiger partial charge in [-0.2, -0.15) is 0 Å². The first kappa shape index (κ1) is 26.3. The summed E-state index contributed by atoms with van der Waals surface area (Å²) in [6.07, 6.45) is 6.51. The fourth-order valence-corrected chi connectivity index (χ4v) is 5.03. The Morgan fingerprint density at radius 3 is 2.68 bits per heavy atom. The first-order chi connectivity index (χ1) is 19.9. The molecule has 2 aromatic carbocycles. The van der Waals surface area contributed by atoms with Gasteiger partial charge in [0.2, 0.25) is 5.89 Å². The molecule has 1 amide bonds. The first-order valence-electron chi connectivity index (χ1n) is 13.3. The minimum Gasteiger partial charge on any atom is -0.478 e. The Balaban J connectivity index is 1.04. The van der Waals surface area contributed by atoms with Crippen molar-refractivity contribution >= 4 is 34.4 Å². The Bertz CT molecular complexity index is 1690. The number of carbonyl (C=O) groups is 2. The highest BCUT2D eigenvalue weighted by Gasteiger charge is 2.22. The van der Waals surface area contributed by atoms with Crippen LogP contribution < -0.4 is 10.2 Å². The van der Waals surface area contributed by atoms with Crippen LogP contribution in [0.2, 0.25) is 0 Å². The number of nitrogens with zero attached hydrogens (tertiary/aromatic N) is 3. The minimum absolute atomic E-state index is 0.0942. The number of carbonyl (C=O) groups excluding carboxylic acids is 1. The number of pyridine rings is 1. The number of anilines is 2. The largest absolute Gasteiger partial charge is 0.478 e. The molecule has 0 bridgehead atoms. The molecule has 1 aliphatic rings. The number of rotatable bonds is 8.